The Morgan fingerprint density at radius 2 is 2.15 bits per heavy atom. The summed E-state index contributed by atoms with van der Waals surface area (Å²) in [5.74, 6) is -1.25. The maximum Gasteiger partial charge on any atom is 0.374 e. The van der Waals surface area contributed by atoms with Crippen molar-refractivity contribution >= 4 is 5.97 Å². The molecule has 6 nitrogen and oxygen atoms in total. The Morgan fingerprint density at radius 1 is 1.54 bits per heavy atom. The molecule has 1 aromatic heterocycles. The molecule has 0 bridgehead atoms. The van der Waals surface area contributed by atoms with Crippen molar-refractivity contribution in [3.63, 3.8) is 0 Å². The molecule has 13 heavy (non-hydrogen) atoms. The average molecular weight is 185 g/mol. The predicted octanol–water partition coefficient (Wildman–Crippen LogP) is 0.300. The quantitative estimate of drug-likeness (QED) is 0.732. The monoisotopic (exact) mass is 185 g/mol. The predicted molar refractivity (Wildman–Crippen MR) is 43.7 cm³/mol. The summed E-state index contributed by atoms with van der Waals surface area (Å²) in [6.45, 7) is 3.66. The van der Waals surface area contributed by atoms with Crippen LogP contribution in [0.4, 0.5) is 0 Å². The first-order valence-corrected chi connectivity index (χ1v) is 3.81. The Balaban J connectivity index is 2.93. The van der Waals surface area contributed by atoms with Crippen molar-refractivity contribution in [2.24, 2.45) is 7.05 Å². The van der Waals surface area contributed by atoms with E-state index in [9.17, 15) is 4.79 Å². The van der Waals surface area contributed by atoms with Crippen molar-refractivity contribution < 1.29 is 14.6 Å². The summed E-state index contributed by atoms with van der Waals surface area (Å²) in [7, 11) is 1.54. The van der Waals surface area contributed by atoms with Crippen molar-refractivity contribution in [1.82, 2.24) is 14.8 Å². The molecule has 1 N–H and O–H groups in total. The summed E-state index contributed by atoms with van der Waals surface area (Å²) in [5, 5.41) is 15.7. The minimum absolute atomic E-state index is 0.0513. The van der Waals surface area contributed by atoms with E-state index in [1.165, 1.54) is 4.57 Å². The molecule has 0 aliphatic heterocycles. The van der Waals surface area contributed by atoms with Crippen LogP contribution >= 0.6 is 0 Å². The van der Waals surface area contributed by atoms with E-state index < -0.39 is 5.97 Å². The van der Waals surface area contributed by atoms with Gasteiger partial charge in [0.05, 0.1) is 6.10 Å². The van der Waals surface area contributed by atoms with E-state index in [2.05, 4.69) is 10.2 Å². The first-order chi connectivity index (χ1) is 6.02. The van der Waals surface area contributed by atoms with Crippen LogP contribution in [0.3, 0.4) is 0 Å². The van der Waals surface area contributed by atoms with Crippen LogP contribution in [-0.2, 0) is 7.05 Å². The zero-order valence-corrected chi connectivity index (χ0v) is 7.68. The van der Waals surface area contributed by atoms with Crippen LogP contribution in [0.25, 0.3) is 0 Å². The van der Waals surface area contributed by atoms with Crippen LogP contribution in [0, 0.1) is 0 Å². The first-order valence-electron chi connectivity index (χ1n) is 3.81. The number of aromatic carboxylic acids is 1. The van der Waals surface area contributed by atoms with Gasteiger partial charge in [0.2, 0.25) is 5.82 Å². The summed E-state index contributed by atoms with van der Waals surface area (Å²) < 4.78 is 6.50. The van der Waals surface area contributed by atoms with Crippen LogP contribution in [0.1, 0.15) is 24.5 Å². The number of carboxylic acids is 1. The molecular formula is C7H11N3O3. The van der Waals surface area contributed by atoms with Crippen LogP contribution < -0.4 is 4.74 Å². The molecule has 1 aromatic rings. The molecule has 0 unspecified atom stereocenters. The molecule has 0 fully saturated rings. The number of rotatable bonds is 3. The third kappa shape index (κ3) is 1.95. The van der Waals surface area contributed by atoms with Crippen LogP contribution in [0.5, 0.6) is 6.01 Å². The lowest BCUT2D eigenvalue weighted by Gasteiger charge is -2.07. The van der Waals surface area contributed by atoms with Crippen molar-refractivity contribution in [3.8, 4) is 6.01 Å². The molecule has 6 heteroatoms. The number of hydrogen-bond donors (Lipinski definition) is 1. The van der Waals surface area contributed by atoms with Gasteiger partial charge in [-0.05, 0) is 13.8 Å². The zero-order valence-electron chi connectivity index (χ0n) is 7.68. The molecule has 0 spiro atoms. The van der Waals surface area contributed by atoms with Gasteiger partial charge >= 0.3 is 12.0 Å². The molecule has 0 saturated carbocycles. The third-order valence-electron chi connectivity index (χ3n) is 1.37. The lowest BCUT2D eigenvalue weighted by Crippen LogP contribution is -2.11. The Labute approximate surface area is 75.2 Å². The maximum atomic E-state index is 10.5. The number of ether oxygens (including phenoxy) is 1. The summed E-state index contributed by atoms with van der Waals surface area (Å²) in [5.41, 5.74) is 0. The van der Waals surface area contributed by atoms with Gasteiger partial charge in [-0.3, -0.25) is 4.57 Å². The van der Waals surface area contributed by atoms with Crippen molar-refractivity contribution in [3.05, 3.63) is 5.82 Å². The summed E-state index contributed by atoms with van der Waals surface area (Å²) >= 11 is 0. The zero-order chi connectivity index (χ0) is 10.0. The van der Waals surface area contributed by atoms with Gasteiger partial charge in [-0.1, -0.05) is 5.10 Å². The van der Waals surface area contributed by atoms with Crippen molar-refractivity contribution in [1.29, 1.82) is 0 Å². The molecule has 1 heterocycles. The second-order valence-corrected chi connectivity index (χ2v) is 2.84. The fourth-order valence-electron chi connectivity index (χ4n) is 0.815. The molecule has 0 aliphatic carbocycles. The lowest BCUT2D eigenvalue weighted by molar-refractivity contribution is 0.0677. The highest BCUT2D eigenvalue weighted by Crippen LogP contribution is 2.09. The van der Waals surface area contributed by atoms with E-state index in [0.29, 0.717) is 0 Å². The summed E-state index contributed by atoms with van der Waals surface area (Å²) in [6.07, 6.45) is -0.0513. The standard InChI is InChI=1S/C7H11N3O3/c1-4(2)13-7-9-8-5(6(11)12)10(7)3/h4H,1-3H3,(H,11,12). The fraction of sp³-hybridized carbons (Fsp3) is 0.571. The van der Waals surface area contributed by atoms with Gasteiger partial charge in [-0.25, -0.2) is 4.79 Å². The van der Waals surface area contributed by atoms with Gasteiger partial charge in [0.25, 0.3) is 0 Å². The normalized spacial score (nSPS) is 10.5. The van der Waals surface area contributed by atoms with Crippen LogP contribution in [0.15, 0.2) is 0 Å². The van der Waals surface area contributed by atoms with Crippen molar-refractivity contribution in [2.75, 3.05) is 0 Å². The van der Waals surface area contributed by atoms with Gasteiger partial charge in [-0.15, -0.1) is 5.10 Å². The average Bonchev–Trinajstić information content (AvgIpc) is 2.32. The van der Waals surface area contributed by atoms with Crippen LogP contribution in [-0.4, -0.2) is 31.9 Å². The highest BCUT2D eigenvalue weighted by molar-refractivity contribution is 5.83. The molecule has 0 radical (unpaired) electrons. The third-order valence-corrected chi connectivity index (χ3v) is 1.37. The number of carbonyl (C=O) groups is 1. The van der Waals surface area contributed by atoms with Crippen molar-refractivity contribution in [2.45, 2.75) is 20.0 Å². The highest BCUT2D eigenvalue weighted by Gasteiger charge is 2.16. The Bertz CT molecular complexity index is 319. The maximum absolute atomic E-state index is 10.5. The molecule has 0 saturated heterocycles. The molecule has 0 aliphatic rings. The highest BCUT2D eigenvalue weighted by atomic mass is 16.5. The van der Waals surface area contributed by atoms with E-state index in [0.717, 1.165) is 0 Å². The van der Waals surface area contributed by atoms with Gasteiger partial charge in [-0.2, -0.15) is 0 Å². The smallest absolute Gasteiger partial charge is 0.374 e. The Hall–Kier alpha value is -1.59. The molecule has 0 amide bonds. The second kappa shape index (κ2) is 3.42. The second-order valence-electron chi connectivity index (χ2n) is 2.84. The minimum atomic E-state index is -1.12. The first kappa shape index (κ1) is 9.50. The van der Waals surface area contributed by atoms with Gasteiger partial charge < -0.3 is 9.84 Å². The van der Waals surface area contributed by atoms with E-state index in [1.807, 2.05) is 13.8 Å². The largest absolute Gasteiger partial charge is 0.475 e. The lowest BCUT2D eigenvalue weighted by atomic mass is 10.5. The Morgan fingerprint density at radius 3 is 2.54 bits per heavy atom. The molecule has 72 valence electrons. The topological polar surface area (TPSA) is 77.2 Å². The van der Waals surface area contributed by atoms with E-state index >= 15 is 0 Å². The van der Waals surface area contributed by atoms with E-state index in [-0.39, 0.29) is 17.9 Å². The summed E-state index contributed by atoms with van der Waals surface area (Å²) in [4.78, 5) is 10.5. The number of hydrogen-bond acceptors (Lipinski definition) is 4. The minimum Gasteiger partial charge on any atom is -0.475 e. The Kier molecular flexibility index (Phi) is 2.50. The molecule has 0 aromatic carbocycles. The molecular weight excluding hydrogens is 174 g/mol. The van der Waals surface area contributed by atoms with Crippen LogP contribution in [0.2, 0.25) is 0 Å². The fourth-order valence-corrected chi connectivity index (χ4v) is 0.815. The number of aromatic nitrogens is 3. The molecule has 0 atom stereocenters. The van der Waals surface area contributed by atoms with Gasteiger partial charge in [0.15, 0.2) is 0 Å². The number of carboxylic acid groups (broad SMARTS) is 1. The van der Waals surface area contributed by atoms with E-state index in [1.54, 1.807) is 7.05 Å². The molecule has 1 rings (SSSR count). The van der Waals surface area contributed by atoms with E-state index in [4.69, 9.17) is 9.84 Å². The summed E-state index contributed by atoms with van der Waals surface area (Å²) in [6, 6.07) is 0.215. The van der Waals surface area contributed by atoms with Gasteiger partial charge in [0, 0.05) is 7.05 Å². The SMILES string of the molecule is CC(C)Oc1nnc(C(=O)O)n1C. The number of nitrogens with zero attached hydrogens (tertiary/aromatic N) is 3. The van der Waals surface area contributed by atoms with Gasteiger partial charge in [0.1, 0.15) is 0 Å².